The molecule has 24 heavy (non-hydrogen) atoms. The Labute approximate surface area is 140 Å². The number of hydrogen-bond acceptors (Lipinski definition) is 4. The maximum absolute atomic E-state index is 12.7. The first kappa shape index (κ1) is 17.1. The van der Waals surface area contributed by atoms with Crippen molar-refractivity contribution in [2.75, 3.05) is 31.6 Å². The Hall–Kier alpha value is -1.74. The van der Waals surface area contributed by atoms with Crippen LogP contribution in [0.2, 0.25) is 0 Å². The van der Waals surface area contributed by atoms with E-state index in [1.807, 2.05) is 0 Å². The molecule has 2 aliphatic rings. The maximum Gasteiger partial charge on any atom is 0.416 e. The Kier molecular flexibility index (Phi) is 4.73. The summed E-state index contributed by atoms with van der Waals surface area (Å²) in [6.07, 6.45) is -4.45. The van der Waals surface area contributed by atoms with Crippen LogP contribution in [0.1, 0.15) is 12.0 Å². The molecule has 0 aromatic heterocycles. The van der Waals surface area contributed by atoms with E-state index in [2.05, 4.69) is 5.32 Å². The smallest absolute Gasteiger partial charge is 0.378 e. The van der Waals surface area contributed by atoms with Gasteiger partial charge in [-0.1, -0.05) is 0 Å². The summed E-state index contributed by atoms with van der Waals surface area (Å²) in [4.78, 5) is 26.5. The van der Waals surface area contributed by atoms with Crippen molar-refractivity contribution in [1.82, 2.24) is 4.90 Å². The van der Waals surface area contributed by atoms with Crippen molar-refractivity contribution >= 4 is 29.3 Å². The first-order valence-electron chi connectivity index (χ1n) is 7.39. The molecule has 1 aromatic carbocycles. The van der Waals surface area contributed by atoms with E-state index in [9.17, 15) is 22.8 Å². The van der Waals surface area contributed by atoms with Crippen LogP contribution in [0, 0.1) is 0 Å². The molecule has 2 amide bonds. The standard InChI is InChI=1S/C15H15F3N2O3S/c16-15(17,18)9-1-2-11-10(7-9)19-14(22)12(24-11)8-13(21)20-3-5-23-6-4-20/h1-2,7,12H,3-6,8H2,(H,19,22)/t12-/m1/s1. The second-order valence-corrected chi connectivity index (χ2v) is 6.75. The molecular weight excluding hydrogens is 345 g/mol. The second-order valence-electron chi connectivity index (χ2n) is 5.50. The highest BCUT2D eigenvalue weighted by molar-refractivity contribution is 8.01. The number of morpholine rings is 1. The summed E-state index contributed by atoms with van der Waals surface area (Å²) in [6.45, 7) is 1.92. The van der Waals surface area contributed by atoms with Crippen molar-refractivity contribution in [2.24, 2.45) is 0 Å². The molecule has 1 atom stereocenters. The van der Waals surface area contributed by atoms with Gasteiger partial charge >= 0.3 is 6.18 Å². The number of halogens is 3. The Bertz CT molecular complexity index is 660. The van der Waals surface area contributed by atoms with Gasteiger partial charge in [0.1, 0.15) is 0 Å². The molecule has 9 heteroatoms. The number of rotatable bonds is 2. The van der Waals surface area contributed by atoms with Gasteiger partial charge in [-0.3, -0.25) is 9.59 Å². The average molecular weight is 360 g/mol. The number of thioether (sulfide) groups is 1. The molecule has 0 unspecified atom stereocenters. The number of nitrogens with one attached hydrogen (secondary N) is 1. The van der Waals surface area contributed by atoms with Crippen LogP contribution in [-0.4, -0.2) is 48.3 Å². The van der Waals surface area contributed by atoms with Gasteiger partial charge in [-0.25, -0.2) is 0 Å². The molecule has 1 fully saturated rings. The third-order valence-corrected chi connectivity index (χ3v) is 5.13. The Morgan fingerprint density at radius 1 is 1.33 bits per heavy atom. The van der Waals surface area contributed by atoms with Crippen molar-refractivity contribution in [1.29, 1.82) is 0 Å². The highest BCUT2D eigenvalue weighted by Gasteiger charge is 2.35. The van der Waals surface area contributed by atoms with E-state index in [4.69, 9.17) is 4.74 Å². The van der Waals surface area contributed by atoms with Crippen LogP contribution >= 0.6 is 11.8 Å². The predicted molar refractivity (Wildman–Crippen MR) is 81.7 cm³/mol. The zero-order valence-corrected chi connectivity index (χ0v) is 13.4. The largest absolute Gasteiger partial charge is 0.416 e. The summed E-state index contributed by atoms with van der Waals surface area (Å²) >= 11 is 1.12. The van der Waals surface area contributed by atoms with Gasteiger partial charge < -0.3 is 15.0 Å². The fraction of sp³-hybridized carbons (Fsp3) is 0.467. The number of hydrogen-bond donors (Lipinski definition) is 1. The van der Waals surface area contributed by atoms with Gasteiger partial charge in [0.2, 0.25) is 11.8 Å². The monoisotopic (exact) mass is 360 g/mol. The topological polar surface area (TPSA) is 58.6 Å². The van der Waals surface area contributed by atoms with E-state index in [1.54, 1.807) is 4.90 Å². The number of nitrogens with zero attached hydrogens (tertiary/aromatic N) is 1. The summed E-state index contributed by atoms with van der Waals surface area (Å²) in [7, 11) is 0. The third-order valence-electron chi connectivity index (χ3n) is 3.85. The number of anilines is 1. The minimum Gasteiger partial charge on any atom is -0.378 e. The molecule has 3 rings (SSSR count). The fourth-order valence-corrected chi connectivity index (χ4v) is 3.64. The van der Waals surface area contributed by atoms with Gasteiger partial charge in [0, 0.05) is 24.4 Å². The van der Waals surface area contributed by atoms with E-state index < -0.39 is 22.9 Å². The fourth-order valence-electron chi connectivity index (χ4n) is 2.56. The van der Waals surface area contributed by atoms with Crippen molar-refractivity contribution in [3.05, 3.63) is 23.8 Å². The highest BCUT2D eigenvalue weighted by Crippen LogP contribution is 2.40. The first-order valence-corrected chi connectivity index (χ1v) is 8.27. The van der Waals surface area contributed by atoms with Crippen LogP contribution in [0.5, 0.6) is 0 Å². The number of ether oxygens (including phenoxy) is 1. The van der Waals surface area contributed by atoms with Crippen molar-refractivity contribution < 1.29 is 27.5 Å². The molecule has 5 nitrogen and oxygen atoms in total. The third kappa shape index (κ3) is 3.67. The number of amides is 2. The summed E-state index contributed by atoms with van der Waals surface area (Å²) in [5.74, 6) is -0.602. The molecule has 1 N–H and O–H groups in total. The zero-order chi connectivity index (χ0) is 17.3. The minimum atomic E-state index is -4.46. The number of carbonyl (C=O) groups is 2. The van der Waals surface area contributed by atoms with Crippen molar-refractivity contribution in [3.8, 4) is 0 Å². The van der Waals surface area contributed by atoms with Crippen LogP contribution in [0.15, 0.2) is 23.1 Å². The number of benzene rings is 1. The van der Waals surface area contributed by atoms with Crippen LogP contribution in [-0.2, 0) is 20.5 Å². The lowest BCUT2D eigenvalue weighted by Gasteiger charge is -2.29. The lowest BCUT2D eigenvalue weighted by Crippen LogP contribution is -2.43. The predicted octanol–water partition coefficient (Wildman–Crippen LogP) is 2.37. The minimum absolute atomic E-state index is 0.0109. The van der Waals surface area contributed by atoms with Gasteiger partial charge in [-0.15, -0.1) is 11.8 Å². The van der Waals surface area contributed by atoms with Gasteiger partial charge in [0.05, 0.1) is 29.7 Å². The molecule has 1 aromatic rings. The van der Waals surface area contributed by atoms with E-state index >= 15 is 0 Å². The molecule has 0 saturated carbocycles. The Morgan fingerprint density at radius 3 is 2.71 bits per heavy atom. The number of carbonyl (C=O) groups excluding carboxylic acids is 2. The molecule has 0 radical (unpaired) electrons. The van der Waals surface area contributed by atoms with Crippen molar-refractivity contribution in [3.63, 3.8) is 0 Å². The van der Waals surface area contributed by atoms with E-state index in [0.29, 0.717) is 31.2 Å². The lowest BCUT2D eigenvalue weighted by molar-refractivity contribution is -0.137. The Morgan fingerprint density at radius 2 is 2.04 bits per heavy atom. The molecule has 0 aliphatic carbocycles. The van der Waals surface area contributed by atoms with Crippen LogP contribution in [0.4, 0.5) is 18.9 Å². The molecule has 2 heterocycles. The Balaban J connectivity index is 1.70. The molecule has 0 bridgehead atoms. The maximum atomic E-state index is 12.7. The SMILES string of the molecule is O=C1Nc2cc(C(F)(F)F)ccc2S[C@@H]1CC(=O)N1CCOCC1. The van der Waals surface area contributed by atoms with E-state index in [-0.39, 0.29) is 18.0 Å². The van der Waals surface area contributed by atoms with Gasteiger partial charge in [-0.2, -0.15) is 13.2 Å². The molecule has 0 spiro atoms. The number of fused-ring (bicyclic) bond motifs is 1. The molecule has 2 aliphatic heterocycles. The summed E-state index contributed by atoms with van der Waals surface area (Å²) in [5, 5.41) is 1.83. The zero-order valence-electron chi connectivity index (χ0n) is 12.6. The van der Waals surface area contributed by atoms with Crippen LogP contribution < -0.4 is 5.32 Å². The van der Waals surface area contributed by atoms with Gasteiger partial charge in [0.15, 0.2) is 0 Å². The molecule has 1 saturated heterocycles. The van der Waals surface area contributed by atoms with Gasteiger partial charge in [0.25, 0.3) is 0 Å². The quantitative estimate of drug-likeness (QED) is 0.880. The molecular formula is C15H15F3N2O3S. The van der Waals surface area contributed by atoms with E-state index in [0.717, 1.165) is 23.9 Å². The lowest BCUT2D eigenvalue weighted by atomic mass is 10.1. The van der Waals surface area contributed by atoms with Crippen LogP contribution in [0.3, 0.4) is 0 Å². The summed E-state index contributed by atoms with van der Waals surface area (Å²) < 4.78 is 43.4. The molecule has 130 valence electrons. The average Bonchev–Trinajstić information content (AvgIpc) is 2.55. The van der Waals surface area contributed by atoms with E-state index in [1.165, 1.54) is 6.07 Å². The summed E-state index contributed by atoms with van der Waals surface area (Å²) in [6, 6.07) is 3.22. The van der Waals surface area contributed by atoms with Gasteiger partial charge in [-0.05, 0) is 18.2 Å². The normalized spacial score (nSPS) is 21.2. The van der Waals surface area contributed by atoms with Crippen molar-refractivity contribution in [2.45, 2.75) is 22.7 Å². The number of alkyl halides is 3. The first-order chi connectivity index (χ1) is 11.3. The highest BCUT2D eigenvalue weighted by atomic mass is 32.2. The van der Waals surface area contributed by atoms with Crippen LogP contribution in [0.25, 0.3) is 0 Å². The second kappa shape index (κ2) is 6.64. The summed E-state index contributed by atoms with van der Waals surface area (Å²) in [5.41, 5.74) is -0.681.